The zero-order chi connectivity index (χ0) is 33.0. The van der Waals surface area contributed by atoms with E-state index in [1.807, 2.05) is 12.1 Å². The van der Waals surface area contributed by atoms with Gasteiger partial charge in [0.2, 0.25) is 0 Å². The second-order valence-electron chi connectivity index (χ2n) is 12.9. The smallest absolute Gasteiger partial charge is 0.135 e. The molecular formula is C48H31NO. The second kappa shape index (κ2) is 11.5. The van der Waals surface area contributed by atoms with Crippen molar-refractivity contribution in [1.29, 1.82) is 0 Å². The average molecular weight is 638 g/mol. The number of benzene rings is 9. The van der Waals surface area contributed by atoms with E-state index in [1.165, 1.54) is 49.0 Å². The Morgan fingerprint density at radius 2 is 0.920 bits per heavy atom. The molecule has 0 fully saturated rings. The Balaban J connectivity index is 1.27. The van der Waals surface area contributed by atoms with Crippen molar-refractivity contribution in [2.45, 2.75) is 0 Å². The van der Waals surface area contributed by atoms with Crippen LogP contribution < -0.4 is 4.90 Å². The molecule has 0 aliphatic rings. The predicted octanol–water partition coefficient (Wildman–Crippen LogP) is 13.8. The lowest BCUT2D eigenvalue weighted by Crippen LogP contribution is -2.12. The van der Waals surface area contributed by atoms with Crippen molar-refractivity contribution in [3.05, 3.63) is 188 Å². The first-order valence-corrected chi connectivity index (χ1v) is 17.1. The van der Waals surface area contributed by atoms with Crippen molar-refractivity contribution in [1.82, 2.24) is 0 Å². The molecule has 9 aromatic carbocycles. The molecule has 0 aliphatic carbocycles. The van der Waals surface area contributed by atoms with Gasteiger partial charge in [-0.25, -0.2) is 0 Å². The second-order valence-corrected chi connectivity index (χ2v) is 12.9. The van der Waals surface area contributed by atoms with Crippen molar-refractivity contribution in [2.24, 2.45) is 0 Å². The van der Waals surface area contributed by atoms with E-state index in [-0.39, 0.29) is 0 Å². The third kappa shape index (κ3) is 4.57. The quantitative estimate of drug-likeness (QED) is 0.175. The number of rotatable bonds is 5. The molecule has 234 valence electrons. The number of nitrogens with zero attached hydrogens (tertiary/aromatic N) is 1. The zero-order valence-corrected chi connectivity index (χ0v) is 27.3. The Hall–Kier alpha value is -6.64. The Labute approximate surface area is 290 Å². The van der Waals surface area contributed by atoms with E-state index >= 15 is 0 Å². The summed E-state index contributed by atoms with van der Waals surface area (Å²) >= 11 is 0. The normalized spacial score (nSPS) is 11.6. The van der Waals surface area contributed by atoms with Gasteiger partial charge in [0, 0.05) is 27.6 Å². The van der Waals surface area contributed by atoms with E-state index in [0.717, 1.165) is 44.6 Å². The van der Waals surface area contributed by atoms with Crippen molar-refractivity contribution >= 4 is 71.3 Å². The minimum Gasteiger partial charge on any atom is -0.456 e. The third-order valence-corrected chi connectivity index (χ3v) is 10.0. The first-order chi connectivity index (χ1) is 24.8. The van der Waals surface area contributed by atoms with Gasteiger partial charge in [0.15, 0.2) is 0 Å². The van der Waals surface area contributed by atoms with Gasteiger partial charge in [-0.15, -0.1) is 0 Å². The van der Waals surface area contributed by atoms with Crippen LogP contribution in [0.2, 0.25) is 0 Å². The highest BCUT2D eigenvalue weighted by Gasteiger charge is 2.22. The van der Waals surface area contributed by atoms with Crippen LogP contribution in [-0.4, -0.2) is 0 Å². The van der Waals surface area contributed by atoms with E-state index in [0.29, 0.717) is 0 Å². The fraction of sp³-hybridized carbons (Fsp3) is 0. The average Bonchev–Trinajstić information content (AvgIpc) is 3.56. The van der Waals surface area contributed by atoms with Gasteiger partial charge in [-0.05, 0) is 92.0 Å². The fourth-order valence-corrected chi connectivity index (χ4v) is 7.70. The van der Waals surface area contributed by atoms with Gasteiger partial charge in [-0.3, -0.25) is 0 Å². The van der Waals surface area contributed by atoms with Crippen LogP contribution in [0, 0.1) is 0 Å². The molecule has 50 heavy (non-hydrogen) atoms. The molecule has 10 rings (SSSR count). The lowest BCUT2D eigenvalue weighted by molar-refractivity contribution is 0.669. The molecule has 0 aliphatic heterocycles. The van der Waals surface area contributed by atoms with Crippen LogP contribution >= 0.6 is 0 Å². The summed E-state index contributed by atoms with van der Waals surface area (Å²) in [6.45, 7) is 0. The van der Waals surface area contributed by atoms with Crippen molar-refractivity contribution < 1.29 is 4.42 Å². The summed E-state index contributed by atoms with van der Waals surface area (Å²) in [6.07, 6.45) is 0. The van der Waals surface area contributed by atoms with Gasteiger partial charge in [0.25, 0.3) is 0 Å². The Kier molecular flexibility index (Phi) is 6.53. The molecule has 0 bridgehead atoms. The van der Waals surface area contributed by atoms with Gasteiger partial charge in [-0.1, -0.05) is 140 Å². The largest absolute Gasteiger partial charge is 0.456 e. The SMILES string of the molecule is c1ccc(N(c2ccc3oc4ccccc4c3c2)c2ccccc2-c2cc3ccccc3c3ccccc23)c(-c2ccc3ccccc3c2)c1. The van der Waals surface area contributed by atoms with Crippen LogP contribution in [0.15, 0.2) is 192 Å². The number of hydrogen-bond acceptors (Lipinski definition) is 2. The summed E-state index contributed by atoms with van der Waals surface area (Å²) in [5.74, 6) is 0. The summed E-state index contributed by atoms with van der Waals surface area (Å²) in [5.41, 5.74) is 9.76. The molecule has 0 saturated carbocycles. The first-order valence-electron chi connectivity index (χ1n) is 17.1. The molecule has 1 aromatic heterocycles. The highest BCUT2D eigenvalue weighted by atomic mass is 16.3. The maximum Gasteiger partial charge on any atom is 0.135 e. The van der Waals surface area contributed by atoms with E-state index in [1.54, 1.807) is 0 Å². The molecule has 10 aromatic rings. The van der Waals surface area contributed by atoms with Crippen molar-refractivity contribution in [3.8, 4) is 22.3 Å². The maximum absolute atomic E-state index is 6.30. The summed E-state index contributed by atoms with van der Waals surface area (Å²) in [6, 6.07) is 67.7. The Morgan fingerprint density at radius 3 is 1.76 bits per heavy atom. The molecule has 0 amide bonds. The first kappa shape index (κ1) is 28.4. The van der Waals surface area contributed by atoms with E-state index < -0.39 is 0 Å². The summed E-state index contributed by atoms with van der Waals surface area (Å²) in [7, 11) is 0. The molecule has 1 heterocycles. The minimum absolute atomic E-state index is 0.881. The topological polar surface area (TPSA) is 16.4 Å². The van der Waals surface area contributed by atoms with Gasteiger partial charge in [0.1, 0.15) is 11.2 Å². The zero-order valence-electron chi connectivity index (χ0n) is 27.3. The van der Waals surface area contributed by atoms with Gasteiger partial charge in [0.05, 0.1) is 11.4 Å². The molecule has 0 unspecified atom stereocenters. The van der Waals surface area contributed by atoms with Crippen molar-refractivity contribution in [2.75, 3.05) is 4.90 Å². The number of fused-ring (bicyclic) bond motifs is 7. The molecule has 0 spiro atoms. The molecule has 0 atom stereocenters. The Morgan fingerprint density at radius 1 is 0.320 bits per heavy atom. The monoisotopic (exact) mass is 637 g/mol. The van der Waals surface area contributed by atoms with E-state index in [4.69, 9.17) is 4.42 Å². The molecule has 2 nitrogen and oxygen atoms in total. The summed E-state index contributed by atoms with van der Waals surface area (Å²) in [4.78, 5) is 2.44. The lowest BCUT2D eigenvalue weighted by atomic mass is 9.91. The van der Waals surface area contributed by atoms with Gasteiger partial charge >= 0.3 is 0 Å². The van der Waals surface area contributed by atoms with Crippen LogP contribution in [0.25, 0.3) is 76.5 Å². The van der Waals surface area contributed by atoms with Crippen LogP contribution in [-0.2, 0) is 0 Å². The fourth-order valence-electron chi connectivity index (χ4n) is 7.70. The number of anilines is 3. The third-order valence-electron chi connectivity index (χ3n) is 10.0. The van der Waals surface area contributed by atoms with E-state index in [9.17, 15) is 0 Å². The standard InChI is InChI=1S/C48H31NO/c1-2-14-33-29-35(26-25-32(33)13-1)38-17-7-10-22-45(38)49(36-27-28-48-44(31-36)42-21-9-12-24-47(42)50-48)46-23-11-8-20-41(46)43-30-34-15-3-4-16-37(34)39-18-5-6-19-40(39)43/h1-31H. The highest BCUT2D eigenvalue weighted by Crippen LogP contribution is 2.47. The predicted molar refractivity (Wildman–Crippen MR) is 212 cm³/mol. The molecule has 2 heteroatoms. The summed E-state index contributed by atoms with van der Waals surface area (Å²) in [5, 5.41) is 9.64. The maximum atomic E-state index is 6.30. The minimum atomic E-state index is 0.881. The number of furan rings is 1. The van der Waals surface area contributed by atoms with Gasteiger partial charge < -0.3 is 9.32 Å². The number of hydrogen-bond donors (Lipinski definition) is 0. The molecule has 0 saturated heterocycles. The van der Waals surface area contributed by atoms with Crippen LogP contribution in [0.1, 0.15) is 0 Å². The van der Waals surface area contributed by atoms with Crippen LogP contribution in [0.5, 0.6) is 0 Å². The molecule has 0 N–H and O–H groups in total. The van der Waals surface area contributed by atoms with Crippen LogP contribution in [0.4, 0.5) is 17.1 Å². The Bertz CT molecular complexity index is 2900. The molecular weight excluding hydrogens is 607 g/mol. The summed E-state index contributed by atoms with van der Waals surface area (Å²) < 4.78 is 6.30. The highest BCUT2D eigenvalue weighted by molar-refractivity contribution is 6.15. The van der Waals surface area contributed by atoms with Crippen molar-refractivity contribution in [3.63, 3.8) is 0 Å². The lowest BCUT2D eigenvalue weighted by Gasteiger charge is -2.30. The van der Waals surface area contributed by atoms with Gasteiger partial charge in [-0.2, -0.15) is 0 Å². The van der Waals surface area contributed by atoms with E-state index in [2.05, 4.69) is 181 Å². The molecule has 0 radical (unpaired) electrons. The van der Waals surface area contributed by atoms with Crippen LogP contribution in [0.3, 0.4) is 0 Å². The number of para-hydroxylation sites is 3.